The number of aryl methyl sites for hydroxylation is 1. The maximum atomic E-state index is 13.4. The van der Waals surface area contributed by atoms with Crippen LogP contribution in [0.2, 0.25) is 10.0 Å². The van der Waals surface area contributed by atoms with Crippen molar-refractivity contribution in [2.24, 2.45) is 63.9 Å². The first kappa shape index (κ1) is 104. The summed E-state index contributed by atoms with van der Waals surface area (Å²) in [5, 5.41) is 60.2. The van der Waals surface area contributed by atoms with E-state index < -0.39 is 69.1 Å². The summed E-state index contributed by atoms with van der Waals surface area (Å²) < 4.78 is 43.3. The molecule has 8 heterocycles. The van der Waals surface area contributed by atoms with Crippen molar-refractivity contribution in [2.75, 3.05) is 111 Å². The highest BCUT2D eigenvalue weighted by Crippen LogP contribution is 2.64. The number of halogens is 4. The summed E-state index contributed by atoms with van der Waals surface area (Å²) >= 11 is 24.3. The number of benzene rings is 6. The van der Waals surface area contributed by atoms with Gasteiger partial charge in [0.2, 0.25) is 40.4 Å². The van der Waals surface area contributed by atoms with Crippen molar-refractivity contribution in [1.29, 1.82) is 0 Å². The van der Waals surface area contributed by atoms with Gasteiger partial charge >= 0.3 is 23.8 Å². The number of esters is 1. The summed E-state index contributed by atoms with van der Waals surface area (Å²) in [6.45, 7) is 9.04. The van der Waals surface area contributed by atoms with Gasteiger partial charge in [0.15, 0.2) is 28.4 Å². The van der Waals surface area contributed by atoms with Crippen LogP contribution in [0.5, 0.6) is 17.2 Å². The first-order valence-corrected chi connectivity index (χ1v) is 49.5. The quantitative estimate of drug-likeness (QED) is 0.00350. The van der Waals surface area contributed by atoms with Gasteiger partial charge in [0.1, 0.15) is 35.7 Å². The van der Waals surface area contributed by atoms with Crippen molar-refractivity contribution in [3.8, 4) is 17.2 Å². The van der Waals surface area contributed by atoms with Crippen molar-refractivity contribution in [2.45, 2.75) is 137 Å². The lowest BCUT2D eigenvalue weighted by molar-refractivity contribution is -0.158. The molecule has 0 spiro atoms. The van der Waals surface area contributed by atoms with Gasteiger partial charge < -0.3 is 122 Å². The molecule has 39 heteroatoms. The molecule has 2 aromatic heterocycles. The SMILES string of the molecule is CO[C@@]12[C@H](COC(N)=O)C3=C(C(=O)C(C)=C(N)C3=O)N1C[C@@H]1N[C@@H]12.CO[C@@]12[C@H](COC(N)=O)C3=C(C(=O)C(C)=C(N)C3=O)N1C[C@@H]1N[C@@H]12.COc1c2occc2cc2ccc(=O)oc12.C[C@]12CC[C@H]3[C@@H](CCC4=CC(=O)CC[C@@H]43)[C@@H]1CC[C@@H]2OC(=O)CCc1ccccc1.Clc1ccc(C(c2ccccc2Cl)C(Cl)Cl)cc1.O=C1c2c(O)ccc(O)c2C(=O)c2c(NCCNCCO)ccc(NCCNCCO)c21. The molecule has 35 nitrogen and oxygen atoms in total. The third-order valence-corrected chi connectivity index (χ3v) is 31.3. The predicted octanol–water partition coefficient (Wildman–Crippen LogP) is 10.7. The van der Waals surface area contributed by atoms with Crippen LogP contribution in [0.25, 0.3) is 21.9 Å². The normalized spacial score (nSPS) is 25.7. The fraction of sp³-hybridized carbons (Fsp3) is 0.419. The number of fused-ring (bicyclic) bond motifs is 17. The van der Waals surface area contributed by atoms with Crippen molar-refractivity contribution in [3.63, 3.8) is 0 Å². The number of ketones is 7. The smallest absolute Gasteiger partial charge is 0.404 e. The zero-order valence-corrected chi connectivity index (χ0v) is 83.1. The second-order valence-electron chi connectivity index (χ2n) is 37.8. The number of rotatable bonds is 26. The monoisotopic (exact) mass is 2050 g/mol. The van der Waals surface area contributed by atoms with Gasteiger partial charge in [-0.25, -0.2) is 14.4 Å². The second-order valence-corrected chi connectivity index (χ2v) is 39.8. The number of nitrogens with zero attached hydrogens (tertiary/aromatic N) is 2. The number of furan rings is 1. The maximum absolute atomic E-state index is 13.4. The van der Waals surface area contributed by atoms with E-state index in [0.29, 0.717) is 126 Å². The van der Waals surface area contributed by atoms with Gasteiger partial charge in [0.05, 0.1) is 95.5 Å². The number of carbonyl (C=O) groups is 10. The molecule has 3 saturated carbocycles. The van der Waals surface area contributed by atoms with Crippen LogP contribution >= 0.6 is 46.4 Å². The number of Topliss-reactive ketones (excluding diaryl/α,β-unsaturated/α-hetero) is 4. The molecule has 144 heavy (non-hydrogen) atoms. The Morgan fingerprint density at radius 3 is 1.65 bits per heavy atom. The van der Waals surface area contributed by atoms with E-state index in [0.717, 1.165) is 72.3 Å². The number of amides is 2. The number of allylic oxidation sites excluding steroid dienone is 5. The summed E-state index contributed by atoms with van der Waals surface area (Å²) in [5.74, 6) is -1.16. The van der Waals surface area contributed by atoms with E-state index >= 15 is 0 Å². The topological polar surface area (TPSA) is 553 Å². The lowest BCUT2D eigenvalue weighted by Crippen LogP contribution is -2.55. The Hall–Kier alpha value is -12.5. The Kier molecular flexibility index (Phi) is 31.8. The fourth-order valence-corrected chi connectivity index (χ4v) is 24.3. The van der Waals surface area contributed by atoms with Crippen molar-refractivity contribution in [1.82, 2.24) is 31.1 Å². The van der Waals surface area contributed by atoms with Gasteiger partial charge in [-0.1, -0.05) is 96.4 Å². The van der Waals surface area contributed by atoms with Gasteiger partial charge in [-0.3, -0.25) is 38.4 Å². The van der Waals surface area contributed by atoms with Crippen LogP contribution in [0.15, 0.2) is 204 Å². The molecule has 2 amide bonds. The van der Waals surface area contributed by atoms with E-state index in [1.54, 1.807) is 24.5 Å². The Morgan fingerprint density at radius 2 is 1.13 bits per heavy atom. The number of nitrogens with one attached hydrogen (secondary N) is 6. The molecule has 0 radical (unpaired) electrons. The minimum Gasteiger partial charge on any atom is -0.507 e. The number of aliphatic hydroxyl groups excluding tert-OH is 2. The van der Waals surface area contributed by atoms with E-state index in [4.69, 9.17) is 117 Å². The molecule has 8 aromatic rings. The lowest BCUT2D eigenvalue weighted by atomic mass is 9.52. The molecule has 7 fully saturated rings. The Bertz CT molecular complexity index is 6420. The van der Waals surface area contributed by atoms with Crippen LogP contribution < -0.4 is 65.2 Å². The number of carbonyl (C=O) groups excluding carboxylic acids is 10. The van der Waals surface area contributed by atoms with E-state index in [2.05, 4.69) is 51.0 Å². The number of phenolic OH excluding ortho intramolecular Hbond substituents is 2. The number of primary amides is 2. The largest absolute Gasteiger partial charge is 0.507 e. The molecule has 6 aromatic carbocycles. The number of hydrogen-bond donors (Lipinski definition) is 14. The molecule has 15 atom stereocenters. The third-order valence-electron chi connectivity index (χ3n) is 30.2. The summed E-state index contributed by atoms with van der Waals surface area (Å²) in [4.78, 5) is 139. The van der Waals surface area contributed by atoms with Crippen molar-refractivity contribution < 1.29 is 106 Å². The Morgan fingerprint density at radius 1 is 0.590 bits per heavy atom. The molecule has 7 aliphatic carbocycles. The third kappa shape index (κ3) is 19.9. The van der Waals surface area contributed by atoms with Crippen molar-refractivity contribution in [3.05, 3.63) is 250 Å². The number of ether oxygens (including phenoxy) is 6. The van der Waals surface area contributed by atoms with Crippen molar-refractivity contribution >= 4 is 138 Å². The number of aromatic hydroxyl groups is 2. The number of nitrogens with two attached hydrogens (primary N) is 4. The molecule has 21 rings (SSSR count). The molecular weight excluding hydrogens is 1940 g/mol. The lowest BCUT2D eigenvalue weighted by Gasteiger charge is -2.53. The van der Waals surface area contributed by atoms with Crippen LogP contribution in [-0.4, -0.2) is 236 Å². The minimum atomic E-state index is -0.957. The van der Waals surface area contributed by atoms with Crippen LogP contribution in [0.3, 0.4) is 0 Å². The highest BCUT2D eigenvalue weighted by molar-refractivity contribution is 6.45. The number of anilines is 2. The average molecular weight is 2060 g/mol. The van der Waals surface area contributed by atoms with Gasteiger partial charge in [-0.2, -0.15) is 0 Å². The summed E-state index contributed by atoms with van der Waals surface area (Å²) in [6, 6.07) is 38.0. The minimum absolute atomic E-state index is 0.00939. The van der Waals surface area contributed by atoms with Gasteiger partial charge in [0.25, 0.3) is 0 Å². The van der Waals surface area contributed by atoms with Gasteiger partial charge in [0, 0.05) is 163 Å². The zero-order chi connectivity index (χ0) is 103. The van der Waals surface area contributed by atoms with E-state index in [1.165, 1.54) is 83.8 Å². The number of methoxy groups -OCH3 is 3. The molecule has 0 bridgehead atoms. The first-order valence-electron chi connectivity index (χ1n) is 47.9. The number of aliphatic hydroxyl groups is 2. The maximum Gasteiger partial charge on any atom is 0.404 e. The highest BCUT2D eigenvalue weighted by atomic mass is 35.5. The second kappa shape index (κ2) is 43.8. The summed E-state index contributed by atoms with van der Waals surface area (Å²) in [7, 11) is 4.55. The predicted molar refractivity (Wildman–Crippen MR) is 536 cm³/mol. The Balaban J connectivity index is 0.000000126. The zero-order valence-electron chi connectivity index (χ0n) is 80.1. The molecule has 762 valence electrons. The molecule has 1 unspecified atom stereocenters. The average Bonchev–Trinajstić information content (AvgIpc) is 1.50. The standard InChI is InChI=1S/C27H34O3.C22H28N4O6.2C15H18N4O5.C14H10Cl4.C12H8O4/c1-27-16-15-22-21-11-9-20(28)17-19(21)8-10-23(22)24(27)12-13-25(27)30-26(29)14-7-18-5-3-2-4-6-18;27-11-9-23-5-7-25-13-1-2-14(26-8-6-24-10-12-28)18-17(13)21(31)19-15(29)3-4-16(30)20(19)22(18)32;2*1-5-9(16)12(21)8-6(4-24-14(17)22)15(23-2)13-7(18-13)3-19(15)10(8)11(5)20;15-10-7-5-9(6-8-10)13(14(17)18)11-3-1-2-4-12(11)16;1-14-12-10-8(4-5-15-10)6-7-2-3-9(13)16-11(7)12/h2-6,17,21-25H,7-16H2,1H3;1-4,23-30H,5-12H2;2*6-7,13,18H,3-4,16H2,1-2H3,(H2,17,22);1-8,13-14H;2-6H,1H3/t21-,22+,23+,24-,25-,27-;;2*6-,7+,13+,15-;;/m0.11../s1. The highest BCUT2D eigenvalue weighted by Gasteiger charge is 2.74. The summed E-state index contributed by atoms with van der Waals surface area (Å²) in [6.07, 6.45) is 11.7. The van der Waals surface area contributed by atoms with Crippen LogP contribution in [0.1, 0.15) is 133 Å². The number of piperazine rings is 2. The van der Waals surface area contributed by atoms with Gasteiger partial charge in [-0.05, 0) is 172 Å². The van der Waals surface area contributed by atoms with Crippen LogP contribution in [-0.2, 0) is 58.9 Å². The van der Waals surface area contributed by atoms with Crippen LogP contribution in [0, 0.1) is 40.9 Å². The van der Waals surface area contributed by atoms with Gasteiger partial charge in [-0.15, -0.1) is 23.2 Å². The number of alkyl halides is 2. The number of hydrogen-bond acceptors (Lipinski definition) is 33. The molecule has 13 aliphatic rings. The molecule has 18 N–H and O–H groups in total. The number of phenols is 2. The van der Waals surface area contributed by atoms with Crippen LogP contribution in [0.4, 0.5) is 21.0 Å². The summed E-state index contributed by atoms with van der Waals surface area (Å²) in [5.41, 5.74) is 27.3. The van der Waals surface area contributed by atoms with E-state index in [1.807, 2.05) is 94.7 Å². The fourth-order valence-electron chi connectivity index (χ4n) is 23.3. The first-order chi connectivity index (χ1) is 69.1. The molecule has 6 aliphatic heterocycles. The Labute approximate surface area is 849 Å². The molecular formula is C105H116Cl4N12O23. The molecule has 4 saturated heterocycles. The van der Waals surface area contributed by atoms with E-state index in [-0.39, 0.29) is 153 Å². The van der Waals surface area contributed by atoms with E-state index in [9.17, 15) is 63.0 Å².